The highest BCUT2D eigenvalue weighted by molar-refractivity contribution is 4.90. The van der Waals surface area contributed by atoms with E-state index >= 15 is 0 Å². The number of hydrogen-bond donors (Lipinski definition) is 1. The van der Waals surface area contributed by atoms with Crippen molar-refractivity contribution in [2.24, 2.45) is 5.73 Å². The van der Waals surface area contributed by atoms with Crippen molar-refractivity contribution < 1.29 is 4.74 Å². The Morgan fingerprint density at radius 2 is 2.12 bits per heavy atom. The zero-order chi connectivity index (χ0) is 12.9. The average Bonchev–Trinajstić information content (AvgIpc) is 2.30. The SMILES string of the molecule is CCCC(N)C(CC)N1CCCC(C)(OC)C1. The summed E-state index contributed by atoms with van der Waals surface area (Å²) in [6, 6.07) is 0.828. The average molecular weight is 242 g/mol. The van der Waals surface area contributed by atoms with Crippen LogP contribution in [-0.2, 0) is 4.74 Å². The van der Waals surface area contributed by atoms with Gasteiger partial charge in [-0.1, -0.05) is 20.3 Å². The van der Waals surface area contributed by atoms with Crippen LogP contribution in [0.2, 0.25) is 0 Å². The number of ether oxygens (including phenoxy) is 1. The Hall–Kier alpha value is -0.120. The molecule has 102 valence electrons. The van der Waals surface area contributed by atoms with Gasteiger partial charge in [0.05, 0.1) is 5.60 Å². The van der Waals surface area contributed by atoms with E-state index in [9.17, 15) is 0 Å². The number of likely N-dealkylation sites (tertiary alicyclic amines) is 1. The van der Waals surface area contributed by atoms with Crippen LogP contribution in [-0.4, -0.2) is 42.8 Å². The number of rotatable bonds is 6. The standard InChI is InChI=1S/C14H30N2O/c1-5-8-12(15)13(6-2)16-10-7-9-14(3,11-16)17-4/h12-13H,5-11,15H2,1-4H3. The van der Waals surface area contributed by atoms with Gasteiger partial charge >= 0.3 is 0 Å². The Bertz CT molecular complexity index is 222. The van der Waals surface area contributed by atoms with Gasteiger partial charge in [-0.2, -0.15) is 0 Å². The Labute approximate surface area is 107 Å². The van der Waals surface area contributed by atoms with Crippen molar-refractivity contribution in [3.05, 3.63) is 0 Å². The number of methoxy groups -OCH3 is 1. The maximum absolute atomic E-state index is 6.32. The zero-order valence-corrected chi connectivity index (χ0v) is 12.0. The first-order valence-electron chi connectivity index (χ1n) is 7.11. The second kappa shape index (κ2) is 6.72. The summed E-state index contributed by atoms with van der Waals surface area (Å²) in [5, 5.41) is 0. The maximum atomic E-state index is 6.32. The largest absolute Gasteiger partial charge is 0.377 e. The zero-order valence-electron chi connectivity index (χ0n) is 12.0. The summed E-state index contributed by atoms with van der Waals surface area (Å²) in [5.74, 6) is 0. The van der Waals surface area contributed by atoms with E-state index in [4.69, 9.17) is 10.5 Å². The predicted molar refractivity (Wildman–Crippen MR) is 73.2 cm³/mol. The summed E-state index contributed by atoms with van der Waals surface area (Å²) in [6.07, 6.45) is 5.83. The van der Waals surface area contributed by atoms with Crippen LogP contribution in [0.25, 0.3) is 0 Å². The predicted octanol–water partition coefficient (Wildman–Crippen LogP) is 2.39. The highest BCUT2D eigenvalue weighted by Gasteiger charge is 2.34. The molecule has 17 heavy (non-hydrogen) atoms. The number of piperidine rings is 1. The van der Waals surface area contributed by atoms with Crippen LogP contribution in [0.5, 0.6) is 0 Å². The second-order valence-corrected chi connectivity index (χ2v) is 5.66. The van der Waals surface area contributed by atoms with Crippen LogP contribution in [0.15, 0.2) is 0 Å². The third-order valence-corrected chi connectivity index (χ3v) is 4.18. The minimum Gasteiger partial charge on any atom is -0.377 e. The van der Waals surface area contributed by atoms with Gasteiger partial charge in [-0.25, -0.2) is 0 Å². The fourth-order valence-corrected chi connectivity index (χ4v) is 3.05. The first-order valence-corrected chi connectivity index (χ1v) is 7.11. The molecule has 1 aliphatic rings. The minimum absolute atomic E-state index is 0.0254. The molecule has 3 unspecified atom stereocenters. The topological polar surface area (TPSA) is 38.5 Å². The first kappa shape index (κ1) is 14.9. The summed E-state index contributed by atoms with van der Waals surface area (Å²) in [4.78, 5) is 2.55. The van der Waals surface area contributed by atoms with Crippen molar-refractivity contribution >= 4 is 0 Å². The Kier molecular flexibility index (Phi) is 5.90. The monoisotopic (exact) mass is 242 g/mol. The molecule has 0 spiro atoms. The fraction of sp³-hybridized carbons (Fsp3) is 1.00. The molecular weight excluding hydrogens is 212 g/mol. The third kappa shape index (κ3) is 3.94. The molecule has 0 aromatic rings. The molecule has 0 amide bonds. The van der Waals surface area contributed by atoms with Crippen molar-refractivity contribution in [1.29, 1.82) is 0 Å². The highest BCUT2D eigenvalue weighted by Crippen LogP contribution is 2.27. The van der Waals surface area contributed by atoms with Crippen molar-refractivity contribution in [3.63, 3.8) is 0 Å². The van der Waals surface area contributed by atoms with Gasteiger partial charge in [0.25, 0.3) is 0 Å². The summed E-state index contributed by atoms with van der Waals surface area (Å²) in [6.45, 7) is 8.88. The number of hydrogen-bond acceptors (Lipinski definition) is 3. The van der Waals surface area contributed by atoms with Crippen LogP contribution < -0.4 is 5.73 Å². The molecule has 0 aromatic heterocycles. The molecule has 1 aliphatic heterocycles. The molecule has 0 aromatic carbocycles. The molecule has 1 fully saturated rings. The molecule has 0 aliphatic carbocycles. The van der Waals surface area contributed by atoms with Gasteiger partial charge in [0, 0.05) is 25.7 Å². The van der Waals surface area contributed by atoms with E-state index in [-0.39, 0.29) is 5.60 Å². The van der Waals surface area contributed by atoms with E-state index in [1.807, 2.05) is 7.11 Å². The van der Waals surface area contributed by atoms with Crippen molar-refractivity contribution in [2.75, 3.05) is 20.2 Å². The van der Waals surface area contributed by atoms with E-state index in [0.717, 1.165) is 19.4 Å². The Balaban J connectivity index is 2.62. The van der Waals surface area contributed by atoms with Gasteiger partial charge < -0.3 is 10.5 Å². The Morgan fingerprint density at radius 1 is 1.41 bits per heavy atom. The van der Waals surface area contributed by atoms with Gasteiger partial charge in [-0.05, 0) is 39.2 Å². The fourth-order valence-electron chi connectivity index (χ4n) is 3.05. The van der Waals surface area contributed by atoms with Crippen LogP contribution in [0, 0.1) is 0 Å². The lowest BCUT2D eigenvalue weighted by molar-refractivity contribution is -0.0643. The second-order valence-electron chi connectivity index (χ2n) is 5.66. The Morgan fingerprint density at radius 3 is 2.65 bits per heavy atom. The molecule has 2 N–H and O–H groups in total. The van der Waals surface area contributed by atoms with Gasteiger partial charge in [-0.3, -0.25) is 4.90 Å². The summed E-state index contributed by atoms with van der Waals surface area (Å²) in [5.41, 5.74) is 6.34. The van der Waals surface area contributed by atoms with Crippen LogP contribution in [0.4, 0.5) is 0 Å². The summed E-state index contributed by atoms with van der Waals surface area (Å²) < 4.78 is 5.66. The molecular formula is C14H30N2O. The van der Waals surface area contributed by atoms with E-state index in [1.165, 1.54) is 25.8 Å². The van der Waals surface area contributed by atoms with E-state index in [0.29, 0.717) is 12.1 Å². The lowest BCUT2D eigenvalue weighted by Gasteiger charge is -2.44. The molecule has 1 saturated heterocycles. The lowest BCUT2D eigenvalue weighted by Crippen LogP contribution is -2.56. The molecule has 3 nitrogen and oxygen atoms in total. The normalized spacial score (nSPS) is 30.2. The maximum Gasteiger partial charge on any atom is 0.0777 e. The molecule has 0 bridgehead atoms. The van der Waals surface area contributed by atoms with Gasteiger partial charge in [0.2, 0.25) is 0 Å². The smallest absolute Gasteiger partial charge is 0.0777 e. The van der Waals surface area contributed by atoms with Crippen molar-refractivity contribution in [3.8, 4) is 0 Å². The molecule has 0 saturated carbocycles. The highest BCUT2D eigenvalue weighted by atomic mass is 16.5. The van der Waals surface area contributed by atoms with Crippen molar-refractivity contribution in [1.82, 2.24) is 4.90 Å². The molecule has 3 heteroatoms. The van der Waals surface area contributed by atoms with Gasteiger partial charge in [-0.15, -0.1) is 0 Å². The number of nitrogens with zero attached hydrogens (tertiary/aromatic N) is 1. The third-order valence-electron chi connectivity index (χ3n) is 4.18. The molecule has 1 rings (SSSR count). The first-order chi connectivity index (χ1) is 8.06. The van der Waals surface area contributed by atoms with Gasteiger partial charge in [0.1, 0.15) is 0 Å². The quantitative estimate of drug-likeness (QED) is 0.777. The van der Waals surface area contributed by atoms with E-state index in [1.54, 1.807) is 0 Å². The van der Waals surface area contributed by atoms with Crippen LogP contribution in [0.3, 0.4) is 0 Å². The van der Waals surface area contributed by atoms with Crippen LogP contribution >= 0.6 is 0 Å². The summed E-state index contributed by atoms with van der Waals surface area (Å²) in [7, 11) is 1.83. The molecule has 3 atom stereocenters. The summed E-state index contributed by atoms with van der Waals surface area (Å²) >= 11 is 0. The molecule has 0 radical (unpaired) electrons. The van der Waals surface area contributed by atoms with Gasteiger partial charge in [0.15, 0.2) is 0 Å². The van der Waals surface area contributed by atoms with Crippen LogP contribution in [0.1, 0.15) is 52.9 Å². The molecule has 1 heterocycles. The number of nitrogens with two attached hydrogens (primary N) is 1. The minimum atomic E-state index is 0.0254. The van der Waals surface area contributed by atoms with E-state index < -0.39 is 0 Å². The van der Waals surface area contributed by atoms with E-state index in [2.05, 4.69) is 25.7 Å². The van der Waals surface area contributed by atoms with Crippen molar-refractivity contribution in [2.45, 2.75) is 70.6 Å². The lowest BCUT2D eigenvalue weighted by atomic mass is 9.91.